The van der Waals surface area contributed by atoms with E-state index < -0.39 is 34.8 Å². The molecule has 0 saturated heterocycles. The predicted octanol–water partition coefficient (Wildman–Crippen LogP) is 5.70. The molecule has 0 unspecified atom stereocenters. The Kier molecular flexibility index (Phi) is 6.65. The summed E-state index contributed by atoms with van der Waals surface area (Å²) in [6.45, 7) is 14.4. The SMILES string of the molecule is C=C(CO)[C@@H]1CC[C@]2(C(=O)O)CC[C@]3(C)[C@H](CC[C@@H]4[C@@]5(C)CC[C@@H](OC(C)=O)[C@@](C)(C(=O)O)[C@@H]5CC[C@]43C)[C@H]12. The summed E-state index contributed by atoms with van der Waals surface area (Å²) in [5.41, 5.74) is -1.47. The number of carboxylic acids is 2. The fourth-order valence-corrected chi connectivity index (χ4v) is 11.9. The summed E-state index contributed by atoms with van der Waals surface area (Å²) < 4.78 is 5.65. The lowest BCUT2D eigenvalue weighted by Crippen LogP contribution is -2.68. The van der Waals surface area contributed by atoms with Gasteiger partial charge < -0.3 is 20.1 Å². The first-order chi connectivity index (χ1) is 18.1. The average molecular weight is 545 g/mol. The highest BCUT2D eigenvalue weighted by atomic mass is 16.5. The van der Waals surface area contributed by atoms with E-state index in [0.29, 0.717) is 25.2 Å². The largest absolute Gasteiger partial charge is 0.481 e. The van der Waals surface area contributed by atoms with E-state index in [9.17, 15) is 29.7 Å². The molecule has 0 amide bonds. The van der Waals surface area contributed by atoms with Gasteiger partial charge in [0.05, 0.1) is 12.0 Å². The van der Waals surface area contributed by atoms with Crippen LogP contribution in [0.3, 0.4) is 0 Å². The maximum absolute atomic E-state index is 12.9. The van der Waals surface area contributed by atoms with Gasteiger partial charge in [-0.05, 0) is 123 Å². The van der Waals surface area contributed by atoms with Gasteiger partial charge >= 0.3 is 17.9 Å². The molecule has 11 atom stereocenters. The lowest BCUT2D eigenvalue weighted by atomic mass is 9.32. The molecule has 0 aliphatic heterocycles. The molecular weight excluding hydrogens is 496 g/mol. The van der Waals surface area contributed by atoms with Gasteiger partial charge in [0.15, 0.2) is 0 Å². The van der Waals surface area contributed by atoms with Crippen molar-refractivity contribution in [1.82, 2.24) is 0 Å². The highest BCUT2D eigenvalue weighted by molar-refractivity contribution is 5.77. The third-order valence-electron chi connectivity index (χ3n) is 14.0. The Balaban J connectivity index is 1.55. The van der Waals surface area contributed by atoms with Gasteiger partial charge in [-0.1, -0.05) is 27.4 Å². The molecule has 0 bridgehead atoms. The number of esters is 1. The van der Waals surface area contributed by atoms with Crippen molar-refractivity contribution in [3.63, 3.8) is 0 Å². The topological polar surface area (TPSA) is 121 Å². The molecule has 0 spiro atoms. The van der Waals surface area contributed by atoms with Crippen molar-refractivity contribution < 1.29 is 34.4 Å². The van der Waals surface area contributed by atoms with E-state index in [4.69, 9.17) is 4.74 Å². The fourth-order valence-electron chi connectivity index (χ4n) is 11.9. The van der Waals surface area contributed by atoms with Crippen LogP contribution in [0.15, 0.2) is 12.2 Å². The number of carbonyl (C=O) groups excluding carboxylic acids is 1. The second kappa shape index (κ2) is 9.06. The van der Waals surface area contributed by atoms with Crippen molar-refractivity contribution in [2.45, 2.75) is 105 Å². The quantitative estimate of drug-likeness (QED) is 0.300. The number of ether oxygens (including phenoxy) is 1. The minimum absolute atomic E-state index is 0.0253. The molecule has 39 heavy (non-hydrogen) atoms. The molecule has 0 aromatic heterocycles. The van der Waals surface area contributed by atoms with Gasteiger partial charge in [-0.25, -0.2) is 0 Å². The summed E-state index contributed by atoms with van der Waals surface area (Å²) in [4.78, 5) is 37.6. The van der Waals surface area contributed by atoms with Crippen molar-refractivity contribution in [1.29, 1.82) is 0 Å². The zero-order chi connectivity index (χ0) is 28.8. The molecule has 5 saturated carbocycles. The third kappa shape index (κ3) is 3.53. The van der Waals surface area contributed by atoms with Gasteiger partial charge in [0.2, 0.25) is 0 Å². The molecule has 0 aromatic carbocycles. The molecule has 7 heteroatoms. The summed E-state index contributed by atoms with van der Waals surface area (Å²) >= 11 is 0. The van der Waals surface area contributed by atoms with Crippen LogP contribution < -0.4 is 0 Å². The summed E-state index contributed by atoms with van der Waals surface area (Å²) in [7, 11) is 0. The maximum atomic E-state index is 12.9. The summed E-state index contributed by atoms with van der Waals surface area (Å²) in [5, 5.41) is 31.1. The zero-order valence-electron chi connectivity index (χ0n) is 24.4. The standard InChI is InChI=1S/C32H48O7/c1-18(17-33)20-9-14-32(27(37)38)16-15-29(4)21(25(20)32)7-8-22-28(3)12-11-24(39-19(2)34)31(6,26(35)36)23(28)10-13-30(22,29)5/h20-25,33H,1,7-17H2,2-6H3,(H,35,36)(H,37,38)/t20-,21+,22+,23+,24+,25-,28+,29+,30+,31-,32-/m0/s1. The smallest absolute Gasteiger partial charge is 0.313 e. The average Bonchev–Trinajstić information content (AvgIpc) is 3.26. The number of rotatable bonds is 5. The highest BCUT2D eigenvalue weighted by Gasteiger charge is 2.73. The molecule has 7 nitrogen and oxygen atoms in total. The van der Waals surface area contributed by atoms with Crippen LogP contribution in [-0.4, -0.2) is 45.9 Å². The zero-order valence-corrected chi connectivity index (χ0v) is 24.4. The van der Waals surface area contributed by atoms with Gasteiger partial charge in [0.25, 0.3) is 0 Å². The minimum atomic E-state index is -1.14. The number of fused-ring (bicyclic) bond motifs is 7. The molecule has 5 rings (SSSR count). The van der Waals surface area contributed by atoms with E-state index in [0.717, 1.165) is 50.5 Å². The van der Waals surface area contributed by atoms with E-state index in [-0.39, 0.29) is 46.5 Å². The van der Waals surface area contributed by atoms with Gasteiger partial charge in [0.1, 0.15) is 11.5 Å². The Labute approximate surface area is 232 Å². The predicted molar refractivity (Wildman–Crippen MR) is 146 cm³/mol. The molecule has 0 aromatic rings. The molecule has 5 fully saturated rings. The number of aliphatic hydroxyl groups is 1. The highest BCUT2D eigenvalue weighted by Crippen LogP contribution is 2.77. The van der Waals surface area contributed by atoms with E-state index in [2.05, 4.69) is 27.4 Å². The van der Waals surface area contributed by atoms with E-state index in [1.54, 1.807) is 6.92 Å². The first-order valence-corrected chi connectivity index (χ1v) is 15.1. The molecule has 5 aliphatic carbocycles. The number of aliphatic carboxylic acids is 2. The van der Waals surface area contributed by atoms with Crippen LogP contribution >= 0.6 is 0 Å². The van der Waals surface area contributed by atoms with E-state index in [1.165, 1.54) is 6.92 Å². The molecule has 3 N–H and O–H groups in total. The van der Waals surface area contributed by atoms with Crippen molar-refractivity contribution in [3.05, 3.63) is 12.2 Å². The van der Waals surface area contributed by atoms with Crippen molar-refractivity contribution in [3.8, 4) is 0 Å². The second-order valence-electron chi connectivity index (χ2n) is 14.8. The van der Waals surface area contributed by atoms with Crippen molar-refractivity contribution in [2.75, 3.05) is 6.61 Å². The van der Waals surface area contributed by atoms with Gasteiger partial charge in [-0.15, -0.1) is 0 Å². The van der Waals surface area contributed by atoms with E-state index >= 15 is 0 Å². The number of hydrogen-bond donors (Lipinski definition) is 3. The normalized spacial score (nSPS) is 50.5. The van der Waals surface area contributed by atoms with Crippen LogP contribution in [0.25, 0.3) is 0 Å². The Bertz CT molecular complexity index is 1080. The molecule has 5 aliphatic rings. The number of aliphatic hydroxyl groups excluding tert-OH is 1. The Morgan fingerprint density at radius 2 is 1.51 bits per heavy atom. The first-order valence-electron chi connectivity index (χ1n) is 15.1. The van der Waals surface area contributed by atoms with Crippen LogP contribution in [0.5, 0.6) is 0 Å². The van der Waals surface area contributed by atoms with Crippen LogP contribution in [-0.2, 0) is 19.1 Å². The van der Waals surface area contributed by atoms with Crippen LogP contribution in [0.2, 0.25) is 0 Å². The lowest BCUT2D eigenvalue weighted by Gasteiger charge is -2.72. The van der Waals surface area contributed by atoms with Crippen molar-refractivity contribution in [2.24, 2.45) is 56.7 Å². The van der Waals surface area contributed by atoms with Crippen LogP contribution in [0.4, 0.5) is 0 Å². The number of carboxylic acid groups (broad SMARTS) is 2. The fraction of sp³-hybridized carbons (Fsp3) is 0.844. The van der Waals surface area contributed by atoms with Gasteiger partial charge in [0, 0.05) is 6.92 Å². The lowest BCUT2D eigenvalue weighted by molar-refractivity contribution is -0.253. The van der Waals surface area contributed by atoms with Crippen LogP contribution in [0, 0.1) is 56.7 Å². The van der Waals surface area contributed by atoms with E-state index in [1.807, 2.05) is 0 Å². The Hall–Kier alpha value is -1.89. The minimum Gasteiger partial charge on any atom is -0.481 e. The Morgan fingerprint density at radius 3 is 2.10 bits per heavy atom. The molecule has 218 valence electrons. The molecule has 0 radical (unpaired) electrons. The maximum Gasteiger partial charge on any atom is 0.313 e. The molecule has 0 heterocycles. The summed E-state index contributed by atoms with van der Waals surface area (Å²) in [6, 6.07) is 0. The first kappa shape index (κ1) is 28.6. The number of hydrogen-bond acceptors (Lipinski definition) is 5. The monoisotopic (exact) mass is 544 g/mol. The third-order valence-corrected chi connectivity index (χ3v) is 14.0. The second-order valence-corrected chi connectivity index (χ2v) is 14.8. The van der Waals surface area contributed by atoms with Crippen molar-refractivity contribution >= 4 is 17.9 Å². The van der Waals surface area contributed by atoms with Gasteiger partial charge in [-0.3, -0.25) is 14.4 Å². The van der Waals surface area contributed by atoms with Gasteiger partial charge in [-0.2, -0.15) is 0 Å². The van der Waals surface area contributed by atoms with Crippen LogP contribution in [0.1, 0.15) is 98.8 Å². The number of carbonyl (C=O) groups is 3. The summed E-state index contributed by atoms with van der Waals surface area (Å²) in [6.07, 6.45) is 7.20. The molecular formula is C32H48O7. The summed E-state index contributed by atoms with van der Waals surface area (Å²) in [5.74, 6) is -1.57. The Morgan fingerprint density at radius 1 is 0.821 bits per heavy atom.